The molecule has 60 valence electrons. The second kappa shape index (κ2) is 2.49. The van der Waals surface area contributed by atoms with Crippen LogP contribution in [0.1, 0.15) is 0 Å². The molecule has 1 aromatic heterocycles. The Bertz CT molecular complexity index is 339. The minimum absolute atomic E-state index is 0.315. The van der Waals surface area contributed by atoms with E-state index < -0.39 is 0 Å². The number of aromatic nitrogens is 2. The van der Waals surface area contributed by atoms with Gasteiger partial charge in [-0.2, -0.15) is 0 Å². The molecule has 12 heavy (non-hydrogen) atoms. The van der Waals surface area contributed by atoms with E-state index in [4.69, 9.17) is 0 Å². The van der Waals surface area contributed by atoms with Gasteiger partial charge < -0.3 is 0 Å². The molecule has 0 saturated carbocycles. The van der Waals surface area contributed by atoms with Crippen LogP contribution in [0.25, 0.3) is 0 Å². The van der Waals surface area contributed by atoms with Gasteiger partial charge in [-0.25, -0.2) is 4.90 Å². The van der Waals surface area contributed by atoms with Crippen molar-refractivity contribution in [2.24, 2.45) is 0 Å². The van der Waals surface area contributed by atoms with Crippen molar-refractivity contribution in [2.75, 3.05) is 4.90 Å². The highest BCUT2D eigenvalue weighted by molar-refractivity contribution is 7.13. The van der Waals surface area contributed by atoms with Crippen molar-refractivity contribution >= 4 is 28.3 Å². The van der Waals surface area contributed by atoms with Gasteiger partial charge in [0.05, 0.1) is 0 Å². The van der Waals surface area contributed by atoms with E-state index >= 15 is 0 Å². The van der Waals surface area contributed by atoms with Crippen LogP contribution in [0, 0.1) is 0 Å². The molecule has 1 aliphatic heterocycles. The third kappa shape index (κ3) is 0.928. The molecule has 6 heteroatoms. The Morgan fingerprint density at radius 2 is 1.92 bits per heavy atom. The van der Waals surface area contributed by atoms with Crippen LogP contribution >= 0.6 is 11.3 Å². The van der Waals surface area contributed by atoms with Crippen LogP contribution < -0.4 is 4.90 Å². The maximum atomic E-state index is 11.0. The van der Waals surface area contributed by atoms with Crippen LogP contribution in [0.2, 0.25) is 0 Å². The first-order chi connectivity index (χ1) is 5.79. The Kier molecular flexibility index (Phi) is 1.47. The summed E-state index contributed by atoms with van der Waals surface area (Å²) in [6.45, 7) is 0. The summed E-state index contributed by atoms with van der Waals surface area (Å²) in [4.78, 5) is 23.1. The van der Waals surface area contributed by atoms with E-state index in [0.29, 0.717) is 5.13 Å². The molecule has 5 nitrogen and oxygen atoms in total. The van der Waals surface area contributed by atoms with Crippen LogP contribution in [0.15, 0.2) is 17.7 Å². The number of hydrogen-bond acceptors (Lipinski definition) is 5. The number of hydrogen-bond donors (Lipinski definition) is 0. The molecule has 0 spiro atoms. The summed E-state index contributed by atoms with van der Waals surface area (Å²) in [5.41, 5.74) is 1.47. The van der Waals surface area contributed by atoms with Gasteiger partial charge >= 0.3 is 0 Å². The standard InChI is InChI=1S/C6H3N3O2S/c10-4-1-2-5(11)9(4)6-8-7-3-12-6/h1-3H. The molecule has 0 saturated heterocycles. The summed E-state index contributed by atoms with van der Waals surface area (Å²) in [6, 6.07) is 0. The van der Waals surface area contributed by atoms with Crippen LogP contribution in [-0.4, -0.2) is 22.0 Å². The molecule has 0 unspecified atom stereocenters. The predicted molar refractivity (Wildman–Crippen MR) is 41.5 cm³/mol. The van der Waals surface area contributed by atoms with E-state index in [0.717, 1.165) is 16.2 Å². The number of anilines is 1. The van der Waals surface area contributed by atoms with Crippen LogP contribution in [0.3, 0.4) is 0 Å². The molecule has 0 bridgehead atoms. The molecule has 0 atom stereocenters. The van der Waals surface area contributed by atoms with E-state index in [2.05, 4.69) is 10.2 Å². The van der Waals surface area contributed by atoms with Crippen molar-refractivity contribution in [1.82, 2.24) is 10.2 Å². The highest BCUT2D eigenvalue weighted by Gasteiger charge is 2.27. The van der Waals surface area contributed by atoms with Gasteiger partial charge in [0.15, 0.2) is 0 Å². The Morgan fingerprint density at radius 1 is 1.25 bits per heavy atom. The Balaban J connectivity index is 2.37. The Hall–Kier alpha value is -1.56. The van der Waals surface area contributed by atoms with Gasteiger partial charge in [0.1, 0.15) is 5.51 Å². The topological polar surface area (TPSA) is 63.2 Å². The van der Waals surface area contributed by atoms with Crippen molar-refractivity contribution in [1.29, 1.82) is 0 Å². The normalized spacial score (nSPS) is 16.2. The summed E-state index contributed by atoms with van der Waals surface area (Å²) < 4.78 is 0. The minimum atomic E-state index is -0.364. The smallest absolute Gasteiger partial charge is 0.260 e. The van der Waals surface area contributed by atoms with E-state index in [1.165, 1.54) is 17.7 Å². The number of nitrogens with zero attached hydrogens (tertiary/aromatic N) is 3. The van der Waals surface area contributed by atoms with E-state index in [9.17, 15) is 9.59 Å². The lowest BCUT2D eigenvalue weighted by molar-refractivity contribution is -0.119. The molecule has 0 aromatic carbocycles. The average Bonchev–Trinajstić information content (AvgIpc) is 2.61. The molecule has 0 fully saturated rings. The largest absolute Gasteiger partial charge is 0.269 e. The molecule has 2 heterocycles. The molecule has 1 aliphatic rings. The molecule has 2 amide bonds. The zero-order chi connectivity index (χ0) is 8.55. The number of carbonyl (C=O) groups excluding carboxylic acids is 2. The Morgan fingerprint density at radius 3 is 2.42 bits per heavy atom. The fourth-order valence-electron chi connectivity index (χ4n) is 0.853. The minimum Gasteiger partial charge on any atom is -0.269 e. The van der Waals surface area contributed by atoms with E-state index in [1.54, 1.807) is 0 Å². The zero-order valence-electron chi connectivity index (χ0n) is 5.80. The van der Waals surface area contributed by atoms with Crippen molar-refractivity contribution in [2.45, 2.75) is 0 Å². The highest BCUT2D eigenvalue weighted by atomic mass is 32.1. The fourth-order valence-corrected chi connectivity index (χ4v) is 1.42. The SMILES string of the molecule is O=C1C=CC(=O)N1c1nncs1. The van der Waals surface area contributed by atoms with Crippen LogP contribution in [0.4, 0.5) is 5.13 Å². The van der Waals surface area contributed by atoms with Gasteiger partial charge in [-0.3, -0.25) is 9.59 Å². The average molecular weight is 181 g/mol. The first kappa shape index (κ1) is 7.11. The molecular formula is C6H3N3O2S. The van der Waals surface area contributed by atoms with Crippen molar-refractivity contribution < 1.29 is 9.59 Å². The van der Waals surface area contributed by atoms with Crippen molar-refractivity contribution in [3.8, 4) is 0 Å². The molecule has 1 aromatic rings. The van der Waals surface area contributed by atoms with Gasteiger partial charge in [0.25, 0.3) is 11.8 Å². The number of amides is 2. The second-order valence-electron chi connectivity index (χ2n) is 2.07. The molecule has 0 aliphatic carbocycles. The van der Waals surface area contributed by atoms with E-state index in [1.807, 2.05) is 0 Å². The summed E-state index contributed by atoms with van der Waals surface area (Å²) in [7, 11) is 0. The second-order valence-corrected chi connectivity index (χ2v) is 2.88. The van der Waals surface area contributed by atoms with E-state index in [-0.39, 0.29) is 11.8 Å². The monoisotopic (exact) mass is 181 g/mol. The lowest BCUT2D eigenvalue weighted by Gasteiger charge is -2.06. The zero-order valence-corrected chi connectivity index (χ0v) is 6.61. The molecular weight excluding hydrogens is 178 g/mol. The van der Waals surface area contributed by atoms with Crippen molar-refractivity contribution in [3.05, 3.63) is 17.7 Å². The maximum Gasteiger partial charge on any atom is 0.260 e. The summed E-state index contributed by atoms with van der Waals surface area (Å²) >= 11 is 1.15. The fraction of sp³-hybridized carbons (Fsp3) is 0. The van der Waals surface area contributed by atoms with Crippen molar-refractivity contribution in [3.63, 3.8) is 0 Å². The highest BCUT2D eigenvalue weighted by Crippen LogP contribution is 2.19. The third-order valence-electron chi connectivity index (χ3n) is 1.35. The van der Waals surface area contributed by atoms with Crippen LogP contribution in [0.5, 0.6) is 0 Å². The Labute approximate surface area is 71.3 Å². The number of imide groups is 1. The third-order valence-corrected chi connectivity index (χ3v) is 2.02. The summed E-state index contributed by atoms with van der Waals surface area (Å²) in [5, 5.41) is 7.46. The van der Waals surface area contributed by atoms with Crippen LogP contribution in [-0.2, 0) is 9.59 Å². The number of carbonyl (C=O) groups is 2. The van der Waals surface area contributed by atoms with Gasteiger partial charge in [-0.1, -0.05) is 11.3 Å². The molecule has 0 N–H and O–H groups in total. The predicted octanol–water partition coefficient (Wildman–Crippen LogP) is -0.0325. The van der Waals surface area contributed by atoms with Gasteiger partial charge in [-0.05, 0) is 0 Å². The lowest BCUT2D eigenvalue weighted by atomic mass is 10.6. The van der Waals surface area contributed by atoms with Gasteiger partial charge in [0.2, 0.25) is 5.13 Å². The summed E-state index contributed by atoms with van der Waals surface area (Å²) in [5.74, 6) is -0.728. The van der Waals surface area contributed by atoms with Gasteiger partial charge in [-0.15, -0.1) is 10.2 Å². The first-order valence-electron chi connectivity index (χ1n) is 3.11. The first-order valence-corrected chi connectivity index (χ1v) is 3.99. The molecule has 2 rings (SSSR count). The quantitative estimate of drug-likeness (QED) is 0.570. The maximum absolute atomic E-state index is 11.0. The summed E-state index contributed by atoms with van der Waals surface area (Å²) in [6.07, 6.45) is 2.42. The lowest BCUT2D eigenvalue weighted by Crippen LogP contribution is -2.29. The molecule has 0 radical (unpaired) electrons. The number of rotatable bonds is 1. The van der Waals surface area contributed by atoms with Gasteiger partial charge in [0, 0.05) is 12.2 Å².